The number of hydrogen-bond donors (Lipinski definition) is 2. The molecule has 24 heavy (non-hydrogen) atoms. The number of furan rings is 1. The van der Waals surface area contributed by atoms with Crippen LogP contribution >= 0.6 is 0 Å². The Hall–Kier alpha value is -1.74. The van der Waals surface area contributed by atoms with Crippen molar-refractivity contribution in [3.8, 4) is 0 Å². The van der Waals surface area contributed by atoms with Gasteiger partial charge in [-0.3, -0.25) is 0 Å². The molecule has 0 unspecified atom stereocenters. The Morgan fingerprint density at radius 3 is 2.50 bits per heavy atom. The van der Waals surface area contributed by atoms with E-state index in [1.807, 2.05) is 6.07 Å². The molecule has 0 bridgehead atoms. The Morgan fingerprint density at radius 1 is 1.17 bits per heavy atom. The van der Waals surface area contributed by atoms with Crippen LogP contribution < -0.4 is 9.62 Å². The van der Waals surface area contributed by atoms with Crippen LogP contribution in [-0.4, -0.2) is 41.3 Å². The molecular formula is C16H20FN2O4S+. The first-order valence-electron chi connectivity index (χ1n) is 7.77. The number of benzene rings is 1. The van der Waals surface area contributed by atoms with Crippen molar-refractivity contribution in [1.82, 2.24) is 4.72 Å². The zero-order valence-corrected chi connectivity index (χ0v) is 13.9. The van der Waals surface area contributed by atoms with Crippen molar-refractivity contribution >= 4 is 10.0 Å². The highest BCUT2D eigenvalue weighted by Crippen LogP contribution is 2.13. The second-order valence-corrected chi connectivity index (χ2v) is 7.41. The average Bonchev–Trinajstić information content (AvgIpc) is 3.11. The molecule has 0 saturated carbocycles. The lowest BCUT2D eigenvalue weighted by atomic mass is 10.2. The van der Waals surface area contributed by atoms with Gasteiger partial charge < -0.3 is 14.1 Å². The third-order valence-corrected chi connectivity index (χ3v) is 5.56. The van der Waals surface area contributed by atoms with Gasteiger partial charge in [0, 0.05) is 0 Å². The highest BCUT2D eigenvalue weighted by Gasteiger charge is 2.30. The second-order valence-electron chi connectivity index (χ2n) is 5.64. The third-order valence-electron chi connectivity index (χ3n) is 4.12. The number of quaternary nitrogens is 1. The van der Waals surface area contributed by atoms with Gasteiger partial charge in [-0.05, 0) is 36.4 Å². The average molecular weight is 355 g/mol. The highest BCUT2D eigenvalue weighted by molar-refractivity contribution is 7.89. The standard InChI is InChI=1S/C16H19FN2O4S/c17-13-3-5-14(6-4-13)24(20,21)18-12-15(16-2-1-9-23-16)19-7-10-22-11-8-19/h1-6,9,15,18H,7-8,10-12H2/p+1/t15-/m1/s1. The van der Waals surface area contributed by atoms with E-state index in [1.165, 1.54) is 17.0 Å². The largest absolute Gasteiger partial charge is 0.463 e. The van der Waals surface area contributed by atoms with Crippen molar-refractivity contribution in [2.24, 2.45) is 0 Å². The van der Waals surface area contributed by atoms with Crippen LogP contribution in [-0.2, 0) is 14.8 Å². The van der Waals surface area contributed by atoms with Gasteiger partial charge in [-0.1, -0.05) is 0 Å². The van der Waals surface area contributed by atoms with E-state index in [2.05, 4.69) is 4.72 Å². The van der Waals surface area contributed by atoms with Crippen LogP contribution in [0.4, 0.5) is 4.39 Å². The summed E-state index contributed by atoms with van der Waals surface area (Å²) in [5, 5.41) is 0. The lowest BCUT2D eigenvalue weighted by molar-refractivity contribution is -0.938. The van der Waals surface area contributed by atoms with E-state index in [0.717, 1.165) is 31.0 Å². The lowest BCUT2D eigenvalue weighted by Gasteiger charge is -2.30. The van der Waals surface area contributed by atoms with Crippen molar-refractivity contribution in [2.75, 3.05) is 32.8 Å². The fraction of sp³-hybridized carbons (Fsp3) is 0.375. The van der Waals surface area contributed by atoms with Crippen molar-refractivity contribution in [1.29, 1.82) is 0 Å². The first kappa shape index (κ1) is 17.1. The summed E-state index contributed by atoms with van der Waals surface area (Å²) in [6.45, 7) is 3.03. The number of rotatable bonds is 6. The molecule has 1 atom stereocenters. The van der Waals surface area contributed by atoms with Gasteiger partial charge in [-0.2, -0.15) is 0 Å². The summed E-state index contributed by atoms with van der Waals surface area (Å²) < 4.78 is 51.2. The molecule has 0 amide bonds. The van der Waals surface area contributed by atoms with Crippen LogP contribution in [0.25, 0.3) is 0 Å². The van der Waals surface area contributed by atoms with E-state index in [4.69, 9.17) is 9.15 Å². The molecule has 1 saturated heterocycles. The van der Waals surface area contributed by atoms with Gasteiger partial charge in [0.25, 0.3) is 0 Å². The molecule has 1 aromatic carbocycles. The highest BCUT2D eigenvalue weighted by atomic mass is 32.2. The molecule has 130 valence electrons. The molecule has 8 heteroatoms. The fourth-order valence-electron chi connectivity index (χ4n) is 2.81. The van der Waals surface area contributed by atoms with E-state index in [-0.39, 0.29) is 17.5 Å². The minimum Gasteiger partial charge on any atom is -0.463 e. The summed E-state index contributed by atoms with van der Waals surface area (Å²) in [7, 11) is -3.70. The van der Waals surface area contributed by atoms with Gasteiger partial charge in [-0.25, -0.2) is 17.5 Å². The Kier molecular flexibility index (Phi) is 5.30. The number of hydrogen-bond acceptors (Lipinski definition) is 4. The number of morpholine rings is 1. The first-order valence-corrected chi connectivity index (χ1v) is 9.25. The Morgan fingerprint density at radius 2 is 1.88 bits per heavy atom. The maximum absolute atomic E-state index is 13.0. The van der Waals surface area contributed by atoms with Gasteiger partial charge in [-0.15, -0.1) is 0 Å². The molecule has 1 aromatic heterocycles. The molecule has 0 spiro atoms. The molecule has 1 aliphatic heterocycles. The van der Waals surface area contributed by atoms with Gasteiger partial charge in [0.2, 0.25) is 10.0 Å². The Balaban J connectivity index is 1.74. The van der Waals surface area contributed by atoms with Crippen molar-refractivity contribution < 1.29 is 26.9 Å². The molecule has 1 aliphatic rings. The molecule has 0 radical (unpaired) electrons. The Bertz CT molecular complexity index is 741. The van der Waals surface area contributed by atoms with Gasteiger partial charge in [0.1, 0.15) is 18.9 Å². The predicted octanol–water partition coefficient (Wildman–Crippen LogP) is 0.353. The van der Waals surface area contributed by atoms with Crippen LogP contribution in [0, 0.1) is 5.82 Å². The summed E-state index contributed by atoms with van der Waals surface area (Å²) in [4.78, 5) is 1.25. The molecule has 0 aliphatic carbocycles. The molecule has 6 nitrogen and oxygen atoms in total. The molecule has 2 heterocycles. The number of ether oxygens (including phenoxy) is 1. The molecule has 3 rings (SSSR count). The number of nitrogens with one attached hydrogen (secondary N) is 2. The van der Waals surface area contributed by atoms with E-state index in [9.17, 15) is 12.8 Å². The van der Waals surface area contributed by atoms with E-state index < -0.39 is 15.8 Å². The topological polar surface area (TPSA) is 73.0 Å². The normalized spacial score (nSPS) is 17.7. The van der Waals surface area contributed by atoms with E-state index >= 15 is 0 Å². The van der Waals surface area contributed by atoms with E-state index in [0.29, 0.717) is 13.2 Å². The third kappa shape index (κ3) is 4.02. The van der Waals surface area contributed by atoms with Gasteiger partial charge >= 0.3 is 0 Å². The van der Waals surface area contributed by atoms with Crippen LogP contribution in [0.2, 0.25) is 0 Å². The second kappa shape index (κ2) is 7.43. The molecule has 1 fully saturated rings. The smallest absolute Gasteiger partial charge is 0.240 e. The van der Waals surface area contributed by atoms with Gasteiger partial charge in [0.05, 0.1) is 30.9 Å². The quantitative estimate of drug-likeness (QED) is 0.785. The summed E-state index contributed by atoms with van der Waals surface area (Å²) in [6, 6.07) is 8.26. The maximum atomic E-state index is 13.0. The SMILES string of the molecule is O=S(=O)(NC[C@H](c1ccco1)[NH+]1CCOCC1)c1ccc(F)cc1. The molecule has 2 aromatic rings. The fourth-order valence-corrected chi connectivity index (χ4v) is 3.85. The summed E-state index contributed by atoms with van der Waals surface area (Å²) in [5.74, 6) is 0.258. The zero-order chi connectivity index (χ0) is 17.0. The predicted molar refractivity (Wildman–Crippen MR) is 84.6 cm³/mol. The van der Waals surface area contributed by atoms with Crippen molar-refractivity contribution in [3.05, 3.63) is 54.2 Å². The maximum Gasteiger partial charge on any atom is 0.240 e. The van der Waals surface area contributed by atoms with Crippen molar-refractivity contribution in [2.45, 2.75) is 10.9 Å². The summed E-state index contributed by atoms with van der Waals surface area (Å²) in [6.07, 6.45) is 1.58. The molecule has 2 N–H and O–H groups in total. The Labute approximate surface area is 140 Å². The minimum atomic E-state index is -3.70. The van der Waals surface area contributed by atoms with Crippen molar-refractivity contribution in [3.63, 3.8) is 0 Å². The summed E-state index contributed by atoms with van der Waals surface area (Å²) in [5.41, 5.74) is 0. The lowest BCUT2D eigenvalue weighted by Crippen LogP contribution is -3.15. The first-order chi connectivity index (χ1) is 11.6. The van der Waals surface area contributed by atoms with Crippen LogP contribution in [0.1, 0.15) is 11.8 Å². The van der Waals surface area contributed by atoms with E-state index in [1.54, 1.807) is 12.3 Å². The number of halogens is 1. The summed E-state index contributed by atoms with van der Waals surface area (Å²) >= 11 is 0. The minimum absolute atomic E-state index is 0.0408. The van der Waals surface area contributed by atoms with Crippen LogP contribution in [0.5, 0.6) is 0 Å². The van der Waals surface area contributed by atoms with Gasteiger partial charge in [0.15, 0.2) is 11.8 Å². The number of sulfonamides is 1. The monoisotopic (exact) mass is 355 g/mol. The zero-order valence-electron chi connectivity index (χ0n) is 13.1. The molecular weight excluding hydrogens is 335 g/mol. The van der Waals surface area contributed by atoms with Crippen LogP contribution in [0.15, 0.2) is 52.0 Å². The van der Waals surface area contributed by atoms with Crippen LogP contribution in [0.3, 0.4) is 0 Å².